The molecule has 3 rings (SSSR count). The number of benzene rings is 2. The largest absolute Gasteiger partial charge is 0.354 e. The Kier molecular flexibility index (Phi) is 7.06. The molecule has 5 nitrogen and oxygen atoms in total. The first kappa shape index (κ1) is 20.4. The van der Waals surface area contributed by atoms with Gasteiger partial charge in [0.25, 0.3) is 0 Å². The maximum Gasteiger partial charge on any atom is 0.240 e. The minimum absolute atomic E-state index is 0.0673. The highest BCUT2D eigenvalue weighted by Gasteiger charge is 2.12. The lowest BCUT2D eigenvalue weighted by molar-refractivity contribution is -0.121. The van der Waals surface area contributed by atoms with Crippen LogP contribution >= 0.6 is 24.0 Å². The van der Waals surface area contributed by atoms with Crippen molar-refractivity contribution in [1.29, 1.82) is 0 Å². The second-order valence-electron chi connectivity index (χ2n) is 6.70. The van der Waals surface area contributed by atoms with Gasteiger partial charge in [0.05, 0.1) is 0 Å². The number of rotatable bonds is 8. The van der Waals surface area contributed by atoms with Crippen LogP contribution in [0.5, 0.6) is 0 Å². The molecule has 2 N–H and O–H groups in total. The minimum atomic E-state index is -0.0673. The van der Waals surface area contributed by atoms with E-state index in [9.17, 15) is 4.79 Å². The first-order valence-electron chi connectivity index (χ1n) is 9.15. The Morgan fingerprint density at radius 1 is 1.18 bits per heavy atom. The zero-order valence-corrected chi connectivity index (χ0v) is 17.7. The van der Waals surface area contributed by atoms with Crippen molar-refractivity contribution < 1.29 is 4.79 Å². The molecule has 0 aliphatic carbocycles. The molecular formula is C21H24N4OS2. The van der Waals surface area contributed by atoms with Crippen LogP contribution in [0.2, 0.25) is 0 Å². The molecule has 0 bridgehead atoms. The summed E-state index contributed by atoms with van der Waals surface area (Å²) in [4.78, 5) is 12.4. The highest BCUT2D eigenvalue weighted by molar-refractivity contribution is 7.98. The second kappa shape index (κ2) is 9.71. The number of thioether (sulfide) groups is 1. The Bertz CT molecular complexity index is 992. The van der Waals surface area contributed by atoms with E-state index in [2.05, 4.69) is 46.7 Å². The van der Waals surface area contributed by atoms with Crippen molar-refractivity contribution in [3.63, 3.8) is 0 Å². The number of aromatic nitrogens is 3. The minimum Gasteiger partial charge on any atom is -0.354 e. The average molecular weight is 413 g/mol. The smallest absolute Gasteiger partial charge is 0.240 e. The fourth-order valence-electron chi connectivity index (χ4n) is 2.81. The summed E-state index contributed by atoms with van der Waals surface area (Å²) in [5.41, 5.74) is 4.64. The summed E-state index contributed by atoms with van der Waals surface area (Å²) in [6, 6.07) is 16.5. The molecule has 0 fully saturated rings. The van der Waals surface area contributed by atoms with Crippen molar-refractivity contribution in [1.82, 2.24) is 20.1 Å². The lowest BCUT2D eigenvalue weighted by atomic mass is 10.1. The molecule has 0 spiro atoms. The summed E-state index contributed by atoms with van der Waals surface area (Å²) in [6.45, 7) is 4.89. The summed E-state index contributed by atoms with van der Waals surface area (Å²) in [5, 5.41) is 10.0. The fourth-order valence-corrected chi connectivity index (χ4v) is 3.82. The van der Waals surface area contributed by atoms with Crippen molar-refractivity contribution in [2.75, 3.05) is 12.3 Å². The highest BCUT2D eigenvalue weighted by atomic mass is 32.2. The van der Waals surface area contributed by atoms with Crippen molar-refractivity contribution in [2.24, 2.45) is 0 Å². The predicted octanol–water partition coefficient (Wildman–Crippen LogP) is 4.27. The van der Waals surface area contributed by atoms with Crippen LogP contribution in [0, 0.1) is 18.6 Å². The van der Waals surface area contributed by atoms with Gasteiger partial charge >= 0.3 is 0 Å². The third-order valence-corrected chi connectivity index (χ3v) is 5.64. The van der Waals surface area contributed by atoms with Crippen molar-refractivity contribution in [3.8, 4) is 11.4 Å². The van der Waals surface area contributed by atoms with Crippen LogP contribution in [-0.2, 0) is 17.1 Å². The van der Waals surface area contributed by atoms with E-state index in [0.717, 1.165) is 22.6 Å². The first-order valence-corrected chi connectivity index (χ1v) is 10.7. The van der Waals surface area contributed by atoms with Crippen LogP contribution in [0.25, 0.3) is 11.4 Å². The Morgan fingerprint density at radius 2 is 1.96 bits per heavy atom. The van der Waals surface area contributed by atoms with Gasteiger partial charge in [-0.1, -0.05) is 53.6 Å². The lowest BCUT2D eigenvalue weighted by Crippen LogP contribution is -2.29. The van der Waals surface area contributed by atoms with Gasteiger partial charge in [0.15, 0.2) is 10.6 Å². The van der Waals surface area contributed by atoms with Gasteiger partial charge in [-0.05, 0) is 37.7 Å². The number of carbonyl (C=O) groups excluding carboxylic acids is 1. The van der Waals surface area contributed by atoms with E-state index in [4.69, 9.17) is 12.2 Å². The first-order chi connectivity index (χ1) is 13.5. The van der Waals surface area contributed by atoms with Crippen molar-refractivity contribution in [3.05, 3.63) is 70.0 Å². The maximum atomic E-state index is 12.4. The van der Waals surface area contributed by atoms with Gasteiger partial charge in [0.2, 0.25) is 5.91 Å². The molecule has 1 heterocycles. The van der Waals surface area contributed by atoms with E-state index in [1.54, 1.807) is 16.3 Å². The maximum absolute atomic E-state index is 12.4. The van der Waals surface area contributed by atoms with E-state index in [0.29, 0.717) is 17.1 Å². The van der Waals surface area contributed by atoms with Gasteiger partial charge in [-0.3, -0.25) is 14.5 Å². The third-order valence-electron chi connectivity index (χ3n) is 4.29. The van der Waals surface area contributed by atoms with E-state index in [-0.39, 0.29) is 12.5 Å². The summed E-state index contributed by atoms with van der Waals surface area (Å²) in [6.07, 6.45) is 0. The summed E-state index contributed by atoms with van der Waals surface area (Å²) in [5.74, 6) is 2.42. The van der Waals surface area contributed by atoms with Gasteiger partial charge in [0.1, 0.15) is 6.54 Å². The molecule has 1 amide bonds. The normalized spacial score (nSPS) is 10.8. The monoisotopic (exact) mass is 412 g/mol. The molecule has 0 saturated heterocycles. The summed E-state index contributed by atoms with van der Waals surface area (Å²) < 4.78 is 2.18. The van der Waals surface area contributed by atoms with Crippen LogP contribution in [0.4, 0.5) is 0 Å². The predicted molar refractivity (Wildman–Crippen MR) is 118 cm³/mol. The Balaban J connectivity index is 1.49. The van der Waals surface area contributed by atoms with Gasteiger partial charge in [-0.15, -0.1) is 0 Å². The Labute approximate surface area is 174 Å². The molecule has 0 aliphatic heterocycles. The number of hydrogen-bond acceptors (Lipinski definition) is 4. The van der Waals surface area contributed by atoms with E-state index in [1.807, 2.05) is 31.2 Å². The van der Waals surface area contributed by atoms with Gasteiger partial charge in [-0.25, -0.2) is 0 Å². The molecule has 0 radical (unpaired) electrons. The van der Waals surface area contributed by atoms with Crippen LogP contribution < -0.4 is 5.32 Å². The molecular weight excluding hydrogens is 388 g/mol. The number of carbonyl (C=O) groups is 1. The zero-order valence-electron chi connectivity index (χ0n) is 16.1. The average Bonchev–Trinajstić information content (AvgIpc) is 3.03. The molecule has 2 aromatic carbocycles. The van der Waals surface area contributed by atoms with Crippen LogP contribution in [0.15, 0.2) is 48.5 Å². The molecule has 1 aromatic heterocycles. The van der Waals surface area contributed by atoms with Gasteiger partial charge in [-0.2, -0.15) is 16.9 Å². The standard InChI is InChI=1S/C21H24N4OS2/c1-15-6-8-17(9-7-15)14-28-11-10-22-19(26)13-25-20(23-24-21(25)27)18-5-3-4-16(2)12-18/h3-9,12H,10-11,13-14H2,1-2H3,(H,22,26)(H,24,27). The lowest BCUT2D eigenvalue weighted by Gasteiger charge is -2.09. The molecule has 3 aromatic rings. The van der Waals surface area contributed by atoms with Gasteiger partial charge in [0, 0.05) is 23.6 Å². The van der Waals surface area contributed by atoms with Crippen LogP contribution in [0.3, 0.4) is 0 Å². The molecule has 0 aliphatic rings. The van der Waals surface area contributed by atoms with Crippen molar-refractivity contribution in [2.45, 2.75) is 26.1 Å². The number of aromatic amines is 1. The number of H-pyrrole nitrogens is 1. The molecule has 7 heteroatoms. The highest BCUT2D eigenvalue weighted by Crippen LogP contribution is 2.18. The number of amides is 1. The fraction of sp³-hybridized carbons (Fsp3) is 0.286. The van der Waals surface area contributed by atoms with Crippen molar-refractivity contribution >= 4 is 29.9 Å². The van der Waals surface area contributed by atoms with Crippen LogP contribution in [-0.4, -0.2) is 33.0 Å². The van der Waals surface area contributed by atoms with E-state index in [1.165, 1.54) is 11.1 Å². The number of nitrogens with zero attached hydrogens (tertiary/aromatic N) is 2. The second-order valence-corrected chi connectivity index (χ2v) is 8.19. The Morgan fingerprint density at radius 3 is 2.71 bits per heavy atom. The summed E-state index contributed by atoms with van der Waals surface area (Å²) >= 11 is 7.11. The molecule has 28 heavy (non-hydrogen) atoms. The van der Waals surface area contributed by atoms with E-state index < -0.39 is 0 Å². The molecule has 0 saturated carbocycles. The molecule has 0 unspecified atom stereocenters. The summed E-state index contributed by atoms with van der Waals surface area (Å²) in [7, 11) is 0. The SMILES string of the molecule is Cc1ccc(CSCCNC(=O)Cn2c(-c3cccc(C)c3)n[nH]c2=S)cc1. The Hall–Kier alpha value is -2.38. The number of nitrogens with one attached hydrogen (secondary N) is 2. The quantitative estimate of drug-likeness (QED) is 0.428. The van der Waals surface area contributed by atoms with Crippen LogP contribution in [0.1, 0.15) is 16.7 Å². The molecule has 146 valence electrons. The van der Waals surface area contributed by atoms with E-state index >= 15 is 0 Å². The zero-order chi connectivity index (χ0) is 19.9. The number of hydrogen-bond donors (Lipinski definition) is 2. The third kappa shape index (κ3) is 5.56. The van der Waals surface area contributed by atoms with Gasteiger partial charge < -0.3 is 5.32 Å². The topological polar surface area (TPSA) is 62.7 Å². The number of aryl methyl sites for hydroxylation is 2. The molecule has 0 atom stereocenters.